The van der Waals surface area contributed by atoms with E-state index in [-0.39, 0.29) is 11.3 Å². The average molecular weight is 209 g/mol. The summed E-state index contributed by atoms with van der Waals surface area (Å²) in [5, 5.41) is 4.06. The zero-order valence-corrected chi connectivity index (χ0v) is 9.66. The van der Waals surface area contributed by atoms with Gasteiger partial charge >= 0.3 is 0 Å². The Kier molecular flexibility index (Phi) is 3.63. The second kappa shape index (κ2) is 4.57. The Labute approximate surface area is 90.5 Å². The van der Waals surface area contributed by atoms with E-state index in [9.17, 15) is 4.79 Å². The molecule has 15 heavy (non-hydrogen) atoms. The molecule has 1 heterocycles. The zero-order chi connectivity index (χ0) is 11.5. The molecule has 84 valence electrons. The molecule has 1 aromatic heterocycles. The van der Waals surface area contributed by atoms with Crippen molar-refractivity contribution in [1.82, 2.24) is 9.78 Å². The monoisotopic (exact) mass is 209 g/mol. The van der Waals surface area contributed by atoms with Crippen LogP contribution in [0, 0.1) is 0 Å². The molecule has 0 bridgehead atoms. The number of carbonyl (C=O) groups excluding carboxylic acids is 1. The maximum absolute atomic E-state index is 11.7. The van der Waals surface area contributed by atoms with Crippen LogP contribution in [0.25, 0.3) is 0 Å². The summed E-state index contributed by atoms with van der Waals surface area (Å²) in [6, 6.07) is 0. The largest absolute Gasteiger partial charge is 0.326 e. The molecule has 4 heteroatoms. The van der Waals surface area contributed by atoms with Crippen molar-refractivity contribution in [3.8, 4) is 0 Å². The summed E-state index contributed by atoms with van der Waals surface area (Å²) in [6.07, 6.45) is 4.59. The molecule has 0 unspecified atom stereocenters. The molecular weight excluding hydrogens is 190 g/mol. The number of aryl methyl sites for hydroxylation is 1. The molecule has 0 saturated carbocycles. The number of ketones is 1. The summed E-state index contributed by atoms with van der Waals surface area (Å²) < 4.78 is 1.75. The highest BCUT2D eigenvalue weighted by atomic mass is 16.1. The van der Waals surface area contributed by atoms with Gasteiger partial charge < -0.3 is 5.73 Å². The van der Waals surface area contributed by atoms with Gasteiger partial charge in [-0.2, -0.15) is 5.10 Å². The second-order valence-corrected chi connectivity index (χ2v) is 4.50. The number of carbonyl (C=O) groups is 1. The summed E-state index contributed by atoms with van der Waals surface area (Å²) in [6.45, 7) is 6.63. The predicted molar refractivity (Wildman–Crippen MR) is 59.7 cm³/mol. The number of Topliss-reactive ketones (excluding diaryl/α,β-unsaturated/α-hetero) is 1. The Bertz CT molecular complexity index is 336. The highest BCUT2D eigenvalue weighted by molar-refractivity contribution is 5.95. The molecule has 0 aliphatic rings. The van der Waals surface area contributed by atoms with Crippen molar-refractivity contribution in [2.75, 3.05) is 0 Å². The van der Waals surface area contributed by atoms with Gasteiger partial charge in [-0.05, 0) is 27.2 Å². The molecule has 0 saturated heterocycles. The third kappa shape index (κ3) is 3.83. The molecule has 1 rings (SSSR count). The van der Waals surface area contributed by atoms with Crippen molar-refractivity contribution in [2.24, 2.45) is 5.73 Å². The maximum atomic E-state index is 11.7. The van der Waals surface area contributed by atoms with Crippen LogP contribution in [0.1, 0.15) is 44.0 Å². The SMILES string of the molecule is CCn1cc(C(=O)CCC(C)(C)N)cn1. The van der Waals surface area contributed by atoms with Gasteiger partial charge in [-0.3, -0.25) is 9.48 Å². The zero-order valence-electron chi connectivity index (χ0n) is 9.66. The molecule has 4 nitrogen and oxygen atoms in total. The smallest absolute Gasteiger partial charge is 0.166 e. The van der Waals surface area contributed by atoms with Crippen LogP contribution in [-0.4, -0.2) is 21.1 Å². The van der Waals surface area contributed by atoms with Gasteiger partial charge in [0.1, 0.15) is 0 Å². The lowest BCUT2D eigenvalue weighted by molar-refractivity contribution is 0.0972. The Morgan fingerprint density at radius 2 is 2.27 bits per heavy atom. The van der Waals surface area contributed by atoms with E-state index < -0.39 is 0 Å². The van der Waals surface area contributed by atoms with Crippen LogP contribution in [0.4, 0.5) is 0 Å². The lowest BCUT2D eigenvalue weighted by atomic mass is 9.97. The fraction of sp³-hybridized carbons (Fsp3) is 0.636. The van der Waals surface area contributed by atoms with Crippen LogP contribution >= 0.6 is 0 Å². The van der Waals surface area contributed by atoms with Crippen LogP contribution in [0.15, 0.2) is 12.4 Å². The van der Waals surface area contributed by atoms with E-state index in [1.807, 2.05) is 20.8 Å². The molecule has 1 aromatic rings. The van der Waals surface area contributed by atoms with Crippen molar-refractivity contribution in [2.45, 2.75) is 45.7 Å². The van der Waals surface area contributed by atoms with E-state index in [0.29, 0.717) is 18.4 Å². The van der Waals surface area contributed by atoms with E-state index in [1.165, 1.54) is 0 Å². The molecule has 0 aliphatic heterocycles. The van der Waals surface area contributed by atoms with Gasteiger partial charge in [0, 0.05) is 24.7 Å². The van der Waals surface area contributed by atoms with Gasteiger partial charge in [0.15, 0.2) is 5.78 Å². The van der Waals surface area contributed by atoms with E-state index in [1.54, 1.807) is 17.1 Å². The summed E-state index contributed by atoms with van der Waals surface area (Å²) in [5.41, 5.74) is 6.22. The maximum Gasteiger partial charge on any atom is 0.166 e. The van der Waals surface area contributed by atoms with Crippen molar-refractivity contribution >= 4 is 5.78 Å². The van der Waals surface area contributed by atoms with E-state index >= 15 is 0 Å². The minimum atomic E-state index is -0.281. The number of nitrogens with two attached hydrogens (primary N) is 1. The Hall–Kier alpha value is -1.16. The van der Waals surface area contributed by atoms with Crippen LogP contribution in [0.3, 0.4) is 0 Å². The Balaban J connectivity index is 2.54. The summed E-state index contributed by atoms with van der Waals surface area (Å²) in [5.74, 6) is 0.119. The first-order chi connectivity index (χ1) is 6.92. The standard InChI is InChI=1S/C11H19N3O/c1-4-14-8-9(7-13-14)10(15)5-6-11(2,3)12/h7-8H,4-6,12H2,1-3H3. The van der Waals surface area contributed by atoms with Crippen LogP contribution in [0.2, 0.25) is 0 Å². The molecule has 0 aliphatic carbocycles. The van der Waals surface area contributed by atoms with Gasteiger partial charge in [-0.1, -0.05) is 0 Å². The number of hydrogen-bond acceptors (Lipinski definition) is 3. The number of nitrogens with zero attached hydrogens (tertiary/aromatic N) is 2. The lowest BCUT2D eigenvalue weighted by Crippen LogP contribution is -2.32. The number of aromatic nitrogens is 2. The molecule has 0 atom stereocenters. The number of rotatable bonds is 5. The van der Waals surface area contributed by atoms with Gasteiger partial charge in [0.05, 0.1) is 11.8 Å². The third-order valence-corrected chi connectivity index (χ3v) is 2.28. The minimum Gasteiger partial charge on any atom is -0.326 e. The highest BCUT2D eigenvalue weighted by Crippen LogP contribution is 2.11. The predicted octanol–water partition coefficient (Wildman–Crippen LogP) is 1.60. The number of hydrogen-bond donors (Lipinski definition) is 1. The quantitative estimate of drug-likeness (QED) is 0.749. The summed E-state index contributed by atoms with van der Waals surface area (Å²) in [7, 11) is 0. The van der Waals surface area contributed by atoms with Gasteiger partial charge in [-0.15, -0.1) is 0 Å². The van der Waals surface area contributed by atoms with Gasteiger partial charge in [0.2, 0.25) is 0 Å². The first-order valence-electron chi connectivity index (χ1n) is 5.27. The third-order valence-electron chi connectivity index (χ3n) is 2.28. The van der Waals surface area contributed by atoms with E-state index in [0.717, 1.165) is 6.54 Å². The van der Waals surface area contributed by atoms with Crippen LogP contribution < -0.4 is 5.73 Å². The van der Waals surface area contributed by atoms with Crippen LogP contribution in [0.5, 0.6) is 0 Å². The summed E-state index contributed by atoms with van der Waals surface area (Å²) in [4.78, 5) is 11.7. The highest BCUT2D eigenvalue weighted by Gasteiger charge is 2.15. The fourth-order valence-electron chi connectivity index (χ4n) is 1.26. The fourth-order valence-corrected chi connectivity index (χ4v) is 1.26. The first kappa shape index (κ1) is 11.9. The van der Waals surface area contributed by atoms with Crippen molar-refractivity contribution < 1.29 is 4.79 Å². The first-order valence-corrected chi connectivity index (χ1v) is 5.27. The molecule has 0 radical (unpaired) electrons. The second-order valence-electron chi connectivity index (χ2n) is 4.50. The van der Waals surface area contributed by atoms with Gasteiger partial charge in [-0.25, -0.2) is 0 Å². The van der Waals surface area contributed by atoms with Crippen molar-refractivity contribution in [3.63, 3.8) is 0 Å². The molecule has 0 amide bonds. The molecule has 2 N–H and O–H groups in total. The Morgan fingerprint density at radius 1 is 1.60 bits per heavy atom. The van der Waals surface area contributed by atoms with Gasteiger partial charge in [0.25, 0.3) is 0 Å². The summed E-state index contributed by atoms with van der Waals surface area (Å²) >= 11 is 0. The normalized spacial score (nSPS) is 11.7. The molecule has 0 aromatic carbocycles. The van der Waals surface area contributed by atoms with E-state index in [4.69, 9.17) is 5.73 Å². The van der Waals surface area contributed by atoms with Crippen molar-refractivity contribution in [3.05, 3.63) is 18.0 Å². The molecule has 0 fully saturated rings. The average Bonchev–Trinajstić information content (AvgIpc) is 2.61. The topological polar surface area (TPSA) is 60.9 Å². The van der Waals surface area contributed by atoms with Crippen molar-refractivity contribution in [1.29, 1.82) is 0 Å². The lowest BCUT2D eigenvalue weighted by Gasteiger charge is -2.16. The van der Waals surface area contributed by atoms with Crippen LogP contribution in [-0.2, 0) is 6.54 Å². The van der Waals surface area contributed by atoms with E-state index in [2.05, 4.69) is 5.10 Å². The molecule has 0 spiro atoms. The minimum absolute atomic E-state index is 0.119. The molecular formula is C11H19N3O. The Morgan fingerprint density at radius 3 is 2.73 bits per heavy atom.